The maximum atomic E-state index is 3.33. The van der Waals surface area contributed by atoms with Crippen LogP contribution in [-0.4, -0.2) is 37.6 Å². The molecule has 1 rings (SSSR count). The highest BCUT2D eigenvalue weighted by molar-refractivity contribution is 4.83. The molecule has 0 bridgehead atoms. The van der Waals surface area contributed by atoms with Crippen LogP contribution in [0.2, 0.25) is 0 Å². The molecule has 0 saturated carbocycles. The molecule has 1 saturated heterocycles. The Bertz CT molecular complexity index is 179. The SMILES string of the molecule is CNCC(C(C)C)N1CCC(C)C(C)C1. The van der Waals surface area contributed by atoms with Gasteiger partial charge in [0.2, 0.25) is 0 Å². The molecule has 3 atom stereocenters. The Morgan fingerprint density at radius 2 is 1.93 bits per heavy atom. The number of rotatable bonds is 4. The summed E-state index contributed by atoms with van der Waals surface area (Å²) in [5.41, 5.74) is 0. The Morgan fingerprint density at radius 3 is 2.40 bits per heavy atom. The van der Waals surface area contributed by atoms with Gasteiger partial charge in [0.25, 0.3) is 0 Å². The second-order valence-corrected chi connectivity index (χ2v) is 5.61. The van der Waals surface area contributed by atoms with Crippen molar-refractivity contribution in [2.75, 3.05) is 26.7 Å². The summed E-state index contributed by atoms with van der Waals surface area (Å²) in [5.74, 6) is 2.51. The number of piperidine rings is 1. The van der Waals surface area contributed by atoms with Crippen LogP contribution < -0.4 is 5.32 Å². The van der Waals surface area contributed by atoms with Crippen LogP contribution in [0, 0.1) is 17.8 Å². The minimum Gasteiger partial charge on any atom is -0.318 e. The first kappa shape index (κ1) is 13.0. The van der Waals surface area contributed by atoms with Crippen LogP contribution in [0.15, 0.2) is 0 Å². The number of nitrogens with one attached hydrogen (secondary N) is 1. The highest BCUT2D eigenvalue weighted by Crippen LogP contribution is 2.25. The third-order valence-corrected chi connectivity index (χ3v) is 4.02. The van der Waals surface area contributed by atoms with Gasteiger partial charge in [0, 0.05) is 19.1 Å². The molecule has 2 heteroatoms. The van der Waals surface area contributed by atoms with Gasteiger partial charge in [-0.1, -0.05) is 27.7 Å². The van der Waals surface area contributed by atoms with Crippen molar-refractivity contribution >= 4 is 0 Å². The molecule has 0 aromatic rings. The molecule has 0 aromatic carbocycles. The first-order valence-corrected chi connectivity index (χ1v) is 6.45. The van der Waals surface area contributed by atoms with Gasteiger partial charge in [-0.2, -0.15) is 0 Å². The number of likely N-dealkylation sites (tertiary alicyclic amines) is 1. The zero-order valence-electron chi connectivity index (χ0n) is 11.1. The van der Waals surface area contributed by atoms with E-state index in [1.54, 1.807) is 0 Å². The van der Waals surface area contributed by atoms with Gasteiger partial charge in [0.15, 0.2) is 0 Å². The molecule has 0 aromatic heterocycles. The summed E-state index contributed by atoms with van der Waals surface area (Å²) in [4.78, 5) is 2.69. The quantitative estimate of drug-likeness (QED) is 0.768. The average Bonchev–Trinajstić information content (AvgIpc) is 2.18. The second kappa shape index (κ2) is 5.86. The van der Waals surface area contributed by atoms with E-state index in [1.807, 2.05) is 0 Å². The molecular weight excluding hydrogens is 184 g/mol. The molecule has 1 aliphatic heterocycles. The molecule has 0 radical (unpaired) electrons. The van der Waals surface area contributed by atoms with Crippen molar-refractivity contribution in [1.82, 2.24) is 10.2 Å². The smallest absolute Gasteiger partial charge is 0.0243 e. The maximum absolute atomic E-state index is 3.33. The molecule has 1 aliphatic rings. The van der Waals surface area contributed by atoms with Crippen LogP contribution in [-0.2, 0) is 0 Å². The zero-order chi connectivity index (χ0) is 11.4. The largest absolute Gasteiger partial charge is 0.318 e. The Labute approximate surface area is 95.4 Å². The minimum absolute atomic E-state index is 0.713. The van der Waals surface area contributed by atoms with Gasteiger partial charge in [-0.3, -0.25) is 4.90 Å². The summed E-state index contributed by atoms with van der Waals surface area (Å²) in [6.07, 6.45) is 1.37. The summed E-state index contributed by atoms with van der Waals surface area (Å²) in [7, 11) is 2.06. The van der Waals surface area contributed by atoms with Crippen LogP contribution in [0.25, 0.3) is 0 Å². The zero-order valence-corrected chi connectivity index (χ0v) is 11.1. The van der Waals surface area contributed by atoms with Gasteiger partial charge in [-0.25, -0.2) is 0 Å². The number of hydrogen-bond acceptors (Lipinski definition) is 2. The average molecular weight is 212 g/mol. The Hall–Kier alpha value is -0.0800. The fourth-order valence-corrected chi connectivity index (χ4v) is 2.59. The van der Waals surface area contributed by atoms with Gasteiger partial charge >= 0.3 is 0 Å². The molecule has 0 spiro atoms. The van der Waals surface area contributed by atoms with E-state index in [0.717, 1.165) is 24.3 Å². The normalized spacial score (nSPS) is 30.8. The molecular formula is C13H28N2. The Morgan fingerprint density at radius 1 is 1.27 bits per heavy atom. The molecule has 90 valence electrons. The third kappa shape index (κ3) is 3.46. The van der Waals surface area contributed by atoms with Crippen molar-refractivity contribution in [3.8, 4) is 0 Å². The number of hydrogen-bond donors (Lipinski definition) is 1. The van der Waals surface area contributed by atoms with E-state index >= 15 is 0 Å². The number of likely N-dealkylation sites (N-methyl/N-ethyl adjacent to an activating group) is 1. The number of nitrogens with zero attached hydrogens (tertiary/aromatic N) is 1. The van der Waals surface area contributed by atoms with Crippen LogP contribution in [0.4, 0.5) is 0 Å². The van der Waals surface area contributed by atoms with E-state index in [4.69, 9.17) is 0 Å². The van der Waals surface area contributed by atoms with Gasteiger partial charge < -0.3 is 5.32 Å². The predicted octanol–water partition coefficient (Wildman–Crippen LogP) is 2.21. The molecule has 0 aliphatic carbocycles. The lowest BCUT2D eigenvalue weighted by molar-refractivity contribution is 0.0741. The highest BCUT2D eigenvalue weighted by atomic mass is 15.2. The Balaban J connectivity index is 2.53. The summed E-state index contributed by atoms with van der Waals surface area (Å²) < 4.78 is 0. The standard InChI is InChI=1S/C13H28N2/c1-10(2)13(8-14-5)15-7-6-11(3)12(4)9-15/h10-14H,6-9H2,1-5H3. The van der Waals surface area contributed by atoms with Crippen LogP contribution in [0.5, 0.6) is 0 Å². The van der Waals surface area contributed by atoms with Crippen molar-refractivity contribution in [2.24, 2.45) is 17.8 Å². The lowest BCUT2D eigenvalue weighted by Crippen LogP contribution is -2.50. The lowest BCUT2D eigenvalue weighted by atomic mass is 9.86. The van der Waals surface area contributed by atoms with E-state index in [2.05, 4.69) is 45.0 Å². The van der Waals surface area contributed by atoms with Crippen LogP contribution in [0.1, 0.15) is 34.1 Å². The summed E-state index contributed by atoms with van der Waals surface area (Å²) in [5, 5.41) is 3.33. The van der Waals surface area contributed by atoms with Crippen molar-refractivity contribution in [2.45, 2.75) is 40.2 Å². The van der Waals surface area contributed by atoms with Crippen molar-refractivity contribution in [1.29, 1.82) is 0 Å². The highest BCUT2D eigenvalue weighted by Gasteiger charge is 2.28. The van der Waals surface area contributed by atoms with Crippen molar-refractivity contribution in [3.63, 3.8) is 0 Å². The van der Waals surface area contributed by atoms with Crippen molar-refractivity contribution < 1.29 is 0 Å². The topological polar surface area (TPSA) is 15.3 Å². The first-order chi connectivity index (χ1) is 7.06. The molecule has 3 unspecified atom stereocenters. The monoisotopic (exact) mass is 212 g/mol. The first-order valence-electron chi connectivity index (χ1n) is 6.45. The fourth-order valence-electron chi connectivity index (χ4n) is 2.59. The molecule has 1 fully saturated rings. The molecule has 0 amide bonds. The lowest BCUT2D eigenvalue weighted by Gasteiger charge is -2.41. The van der Waals surface area contributed by atoms with Gasteiger partial charge in [-0.05, 0) is 37.8 Å². The minimum atomic E-state index is 0.713. The van der Waals surface area contributed by atoms with Gasteiger partial charge in [0.1, 0.15) is 0 Å². The molecule has 1 N–H and O–H groups in total. The summed E-state index contributed by atoms with van der Waals surface area (Å²) in [6.45, 7) is 13.2. The van der Waals surface area contributed by atoms with E-state index in [0.29, 0.717) is 6.04 Å². The fraction of sp³-hybridized carbons (Fsp3) is 1.00. The molecule has 1 heterocycles. The third-order valence-electron chi connectivity index (χ3n) is 4.02. The van der Waals surface area contributed by atoms with Gasteiger partial charge in [0.05, 0.1) is 0 Å². The van der Waals surface area contributed by atoms with Crippen LogP contribution in [0.3, 0.4) is 0 Å². The predicted molar refractivity (Wildman–Crippen MR) is 67.1 cm³/mol. The van der Waals surface area contributed by atoms with E-state index in [9.17, 15) is 0 Å². The molecule has 2 nitrogen and oxygen atoms in total. The van der Waals surface area contributed by atoms with Gasteiger partial charge in [-0.15, -0.1) is 0 Å². The summed E-state index contributed by atoms with van der Waals surface area (Å²) >= 11 is 0. The maximum Gasteiger partial charge on any atom is 0.0243 e. The van der Waals surface area contributed by atoms with Crippen molar-refractivity contribution in [3.05, 3.63) is 0 Å². The van der Waals surface area contributed by atoms with E-state index < -0.39 is 0 Å². The Kier molecular flexibility index (Phi) is 5.07. The van der Waals surface area contributed by atoms with E-state index in [-0.39, 0.29) is 0 Å². The summed E-state index contributed by atoms with van der Waals surface area (Å²) in [6, 6.07) is 0.713. The van der Waals surface area contributed by atoms with E-state index in [1.165, 1.54) is 19.5 Å². The second-order valence-electron chi connectivity index (χ2n) is 5.61. The molecule has 15 heavy (non-hydrogen) atoms. The van der Waals surface area contributed by atoms with Crippen LogP contribution >= 0.6 is 0 Å².